The number of aliphatic imine (C=N–C) groups is 1. The highest BCUT2D eigenvalue weighted by Gasteiger charge is 2.38. The first-order chi connectivity index (χ1) is 17.0. The molecule has 11 heteroatoms. The summed E-state index contributed by atoms with van der Waals surface area (Å²) in [6.45, 7) is 4.93. The van der Waals surface area contributed by atoms with E-state index in [2.05, 4.69) is 22.0 Å². The number of carbonyl (C=O) groups is 1. The van der Waals surface area contributed by atoms with E-state index in [1.165, 1.54) is 6.08 Å². The molecule has 0 radical (unpaired) electrons. The van der Waals surface area contributed by atoms with Gasteiger partial charge in [-0.15, -0.1) is 4.99 Å². The molecule has 35 heavy (non-hydrogen) atoms. The predicted molar refractivity (Wildman–Crippen MR) is 134 cm³/mol. The number of hydrazone groups is 1. The molecule has 0 spiro atoms. The topological polar surface area (TPSA) is 103 Å². The van der Waals surface area contributed by atoms with Gasteiger partial charge < -0.3 is 19.7 Å². The van der Waals surface area contributed by atoms with Gasteiger partial charge in [-0.25, -0.2) is 9.80 Å². The van der Waals surface area contributed by atoms with Crippen LogP contribution in [-0.4, -0.2) is 66.1 Å². The zero-order valence-electron chi connectivity index (χ0n) is 18.6. The van der Waals surface area contributed by atoms with Crippen molar-refractivity contribution in [3.8, 4) is 11.9 Å². The van der Waals surface area contributed by atoms with E-state index < -0.39 is 12.1 Å². The van der Waals surface area contributed by atoms with E-state index in [-0.39, 0.29) is 19.3 Å². The molecule has 0 aliphatic carbocycles. The number of likely N-dealkylation sites (tertiary alicyclic amines) is 1. The van der Waals surface area contributed by atoms with E-state index in [0.29, 0.717) is 40.6 Å². The number of benzene rings is 2. The number of carbonyl (C=O) groups excluding carboxylic acids is 1. The van der Waals surface area contributed by atoms with Gasteiger partial charge in [0, 0.05) is 15.6 Å². The number of nitrogens with zero attached hydrogens (tertiary/aromatic N) is 5. The van der Waals surface area contributed by atoms with Gasteiger partial charge in [0.15, 0.2) is 0 Å². The molecule has 2 aromatic rings. The maximum Gasteiger partial charge on any atom is 0.408 e. The summed E-state index contributed by atoms with van der Waals surface area (Å²) in [6.07, 6.45) is 2.66. The Morgan fingerprint density at radius 1 is 1.17 bits per heavy atom. The Morgan fingerprint density at radius 3 is 2.46 bits per heavy atom. The molecule has 1 unspecified atom stereocenters. The lowest BCUT2D eigenvalue weighted by molar-refractivity contribution is 0.0586. The third kappa shape index (κ3) is 6.04. The summed E-state index contributed by atoms with van der Waals surface area (Å²) in [5.74, 6) is 1.09. The van der Waals surface area contributed by atoms with E-state index in [1.807, 2.05) is 23.2 Å². The van der Waals surface area contributed by atoms with Gasteiger partial charge in [0.25, 0.3) is 0 Å². The normalized spacial score (nSPS) is 17.8. The number of guanidine groups is 1. The fourth-order valence-electron chi connectivity index (χ4n) is 3.66. The zero-order chi connectivity index (χ0) is 24.8. The average molecular weight is 513 g/mol. The molecule has 0 aromatic heterocycles. The number of nitrogens with one attached hydrogen (secondary N) is 1. The lowest BCUT2D eigenvalue weighted by Crippen LogP contribution is -2.59. The number of hydrogen-bond acceptors (Lipinski definition) is 6. The lowest BCUT2D eigenvalue weighted by atomic mass is 10.0. The van der Waals surface area contributed by atoms with Crippen LogP contribution in [0.3, 0.4) is 0 Å². The van der Waals surface area contributed by atoms with Gasteiger partial charge in [0.2, 0.25) is 12.2 Å². The quantitative estimate of drug-likeness (QED) is 0.272. The van der Waals surface area contributed by atoms with Crippen LogP contribution in [0.25, 0.3) is 0 Å². The third-order valence-corrected chi connectivity index (χ3v) is 5.81. The summed E-state index contributed by atoms with van der Waals surface area (Å²) >= 11 is 12.0. The molecule has 0 saturated carbocycles. The van der Waals surface area contributed by atoms with Gasteiger partial charge >= 0.3 is 6.09 Å². The van der Waals surface area contributed by atoms with Crippen LogP contribution in [-0.2, 0) is 4.74 Å². The summed E-state index contributed by atoms with van der Waals surface area (Å²) in [4.78, 5) is 18.1. The van der Waals surface area contributed by atoms with Crippen LogP contribution in [0.4, 0.5) is 4.79 Å². The highest BCUT2D eigenvalue weighted by atomic mass is 35.5. The number of hydrogen-bond donors (Lipinski definition) is 1. The van der Waals surface area contributed by atoms with Crippen molar-refractivity contribution in [1.29, 1.82) is 5.26 Å². The predicted octanol–water partition coefficient (Wildman–Crippen LogP) is 3.89. The van der Waals surface area contributed by atoms with Gasteiger partial charge in [0.1, 0.15) is 18.5 Å². The molecule has 4 rings (SSSR count). The average Bonchev–Trinajstić information content (AvgIpc) is 3.23. The number of halogens is 2. The summed E-state index contributed by atoms with van der Waals surface area (Å²) in [6, 6.07) is 13.8. The van der Waals surface area contributed by atoms with Crippen LogP contribution in [0.5, 0.6) is 5.75 Å². The zero-order valence-corrected chi connectivity index (χ0v) is 20.1. The summed E-state index contributed by atoms with van der Waals surface area (Å²) in [5, 5.41) is 19.6. The SMILES string of the molecule is C=CCOC(=O)NC1CN(C(=NC#N)N2CC(Oc3ccc(Cl)cc3)C2)N=C1c1ccc(Cl)cc1. The van der Waals surface area contributed by atoms with Crippen LogP contribution in [0.15, 0.2) is 71.3 Å². The smallest absolute Gasteiger partial charge is 0.408 e. The summed E-state index contributed by atoms with van der Waals surface area (Å²) < 4.78 is 11.0. The number of ether oxygens (including phenoxy) is 2. The van der Waals surface area contributed by atoms with E-state index in [0.717, 1.165) is 5.56 Å². The standard InChI is InChI=1S/C24H22Cl2N6O3/c1-2-11-34-24(33)29-21-14-32(30-22(21)16-3-5-17(25)6-4-16)23(28-15-27)31-12-20(13-31)35-19-9-7-18(26)8-10-19/h2-10,20-21H,1,11-14H2,(H,29,33). The van der Waals surface area contributed by atoms with E-state index in [1.54, 1.807) is 41.4 Å². The van der Waals surface area contributed by atoms with Crippen LogP contribution in [0.2, 0.25) is 10.0 Å². The van der Waals surface area contributed by atoms with Gasteiger partial charge in [-0.2, -0.15) is 10.4 Å². The highest BCUT2D eigenvalue weighted by Crippen LogP contribution is 2.24. The highest BCUT2D eigenvalue weighted by molar-refractivity contribution is 6.31. The van der Waals surface area contributed by atoms with Crippen LogP contribution in [0, 0.1) is 11.5 Å². The maximum absolute atomic E-state index is 12.2. The van der Waals surface area contributed by atoms with Crippen molar-refractivity contribution in [2.24, 2.45) is 10.1 Å². The molecular weight excluding hydrogens is 491 g/mol. The molecule has 1 N–H and O–H groups in total. The first kappa shape index (κ1) is 24.4. The molecular formula is C24H22Cl2N6O3. The molecule has 0 bridgehead atoms. The van der Waals surface area contributed by atoms with Gasteiger partial charge in [0.05, 0.1) is 31.4 Å². The molecule has 2 aromatic carbocycles. The largest absolute Gasteiger partial charge is 0.487 e. The van der Waals surface area contributed by atoms with Crippen molar-refractivity contribution in [2.45, 2.75) is 12.1 Å². The second-order valence-electron chi connectivity index (χ2n) is 7.77. The Balaban J connectivity index is 1.48. The van der Waals surface area contributed by atoms with Crippen molar-refractivity contribution in [2.75, 3.05) is 26.2 Å². The number of rotatable bonds is 6. The van der Waals surface area contributed by atoms with Crippen molar-refractivity contribution >= 4 is 41.0 Å². The van der Waals surface area contributed by atoms with Crippen molar-refractivity contribution in [1.82, 2.24) is 15.2 Å². The Labute approximate surface area is 212 Å². The van der Waals surface area contributed by atoms with Gasteiger partial charge in [-0.1, -0.05) is 48.0 Å². The molecule has 180 valence electrons. The molecule has 1 amide bonds. The fourth-order valence-corrected chi connectivity index (χ4v) is 3.91. The Bertz CT molecular complexity index is 1170. The van der Waals surface area contributed by atoms with Crippen molar-refractivity contribution in [3.05, 3.63) is 76.8 Å². The molecule has 2 aliphatic heterocycles. The molecule has 2 heterocycles. The van der Waals surface area contributed by atoms with Gasteiger partial charge in [-0.3, -0.25) is 0 Å². The van der Waals surface area contributed by atoms with E-state index in [4.69, 9.17) is 32.7 Å². The summed E-state index contributed by atoms with van der Waals surface area (Å²) in [5.41, 5.74) is 1.37. The number of amides is 1. The second-order valence-corrected chi connectivity index (χ2v) is 8.64. The lowest BCUT2D eigenvalue weighted by Gasteiger charge is -2.41. The number of nitriles is 1. The van der Waals surface area contributed by atoms with E-state index >= 15 is 0 Å². The van der Waals surface area contributed by atoms with Crippen LogP contribution in [0.1, 0.15) is 5.56 Å². The molecule has 1 fully saturated rings. The maximum atomic E-state index is 12.2. The van der Waals surface area contributed by atoms with E-state index in [9.17, 15) is 10.1 Å². The Hall–Kier alpha value is -3.74. The fraction of sp³-hybridized carbons (Fsp3) is 0.250. The third-order valence-electron chi connectivity index (χ3n) is 5.31. The monoisotopic (exact) mass is 512 g/mol. The minimum absolute atomic E-state index is 0.0785. The van der Waals surface area contributed by atoms with Gasteiger partial charge in [-0.05, 0) is 36.4 Å². The van der Waals surface area contributed by atoms with Crippen LogP contribution < -0.4 is 10.1 Å². The van der Waals surface area contributed by atoms with Crippen molar-refractivity contribution in [3.63, 3.8) is 0 Å². The summed E-state index contributed by atoms with van der Waals surface area (Å²) in [7, 11) is 0. The second kappa shape index (κ2) is 11.1. The first-order valence-corrected chi connectivity index (χ1v) is 11.5. The first-order valence-electron chi connectivity index (χ1n) is 10.8. The Kier molecular flexibility index (Phi) is 7.75. The minimum Gasteiger partial charge on any atom is -0.487 e. The molecule has 1 atom stereocenters. The Morgan fingerprint density at radius 2 is 1.83 bits per heavy atom. The molecule has 1 saturated heterocycles. The number of alkyl carbamates (subject to hydrolysis) is 1. The molecule has 2 aliphatic rings. The molecule has 9 nitrogen and oxygen atoms in total. The van der Waals surface area contributed by atoms with Crippen LogP contribution >= 0.6 is 23.2 Å². The minimum atomic E-state index is -0.599. The van der Waals surface area contributed by atoms with Crippen molar-refractivity contribution < 1.29 is 14.3 Å².